The van der Waals surface area contributed by atoms with Crippen LogP contribution in [0.25, 0.3) is 11.0 Å². The van der Waals surface area contributed by atoms with Gasteiger partial charge in [-0.05, 0) is 31.2 Å². The van der Waals surface area contributed by atoms with Crippen molar-refractivity contribution in [1.82, 2.24) is 5.32 Å². The minimum absolute atomic E-state index is 0.0657. The number of hydrogen-bond donors (Lipinski definition) is 1. The third-order valence-electron chi connectivity index (χ3n) is 4.58. The molecule has 6 heteroatoms. The van der Waals surface area contributed by atoms with E-state index < -0.39 is 0 Å². The summed E-state index contributed by atoms with van der Waals surface area (Å²) in [6, 6.07) is 16.6. The van der Waals surface area contributed by atoms with Gasteiger partial charge < -0.3 is 14.5 Å². The van der Waals surface area contributed by atoms with Crippen molar-refractivity contribution in [2.45, 2.75) is 19.4 Å². The summed E-state index contributed by atoms with van der Waals surface area (Å²) in [5, 5.41) is 3.90. The van der Waals surface area contributed by atoms with Crippen LogP contribution >= 0.6 is 0 Å². The van der Waals surface area contributed by atoms with E-state index in [0.717, 1.165) is 11.0 Å². The molecule has 0 aliphatic carbocycles. The predicted octanol–water partition coefficient (Wildman–Crippen LogP) is 3.43. The molecule has 1 atom stereocenters. The number of nitrogens with zero attached hydrogens (tertiary/aromatic N) is 1. The molecule has 0 radical (unpaired) electrons. The molecule has 1 aliphatic heterocycles. The molecule has 0 fully saturated rings. The zero-order valence-electron chi connectivity index (χ0n) is 15.0. The Hall–Kier alpha value is -3.28. The first-order valence-corrected chi connectivity index (χ1v) is 8.92. The monoisotopic (exact) mass is 364 g/mol. The van der Waals surface area contributed by atoms with E-state index in [1.807, 2.05) is 49.4 Å². The number of rotatable bonds is 4. The normalized spacial score (nSPS) is 15.0. The number of furan rings is 1. The number of hydrogen-bond acceptors (Lipinski definition) is 4. The fourth-order valence-electron chi connectivity index (χ4n) is 3.21. The average molecular weight is 364 g/mol. The Balaban J connectivity index is 1.49. The lowest BCUT2D eigenvalue weighted by Gasteiger charge is -2.22. The maximum absolute atomic E-state index is 12.6. The molecule has 0 unspecified atom stereocenters. The van der Waals surface area contributed by atoms with Crippen molar-refractivity contribution < 1.29 is 18.7 Å². The Kier molecular flexibility index (Phi) is 4.54. The highest BCUT2D eigenvalue weighted by Crippen LogP contribution is 2.31. The van der Waals surface area contributed by atoms with Gasteiger partial charge in [0.2, 0.25) is 11.8 Å². The van der Waals surface area contributed by atoms with Gasteiger partial charge in [0.05, 0.1) is 24.8 Å². The minimum Gasteiger partial charge on any atom is -0.491 e. The summed E-state index contributed by atoms with van der Waals surface area (Å²) < 4.78 is 11.4. The highest BCUT2D eigenvalue weighted by molar-refractivity contribution is 6.00. The van der Waals surface area contributed by atoms with Crippen molar-refractivity contribution in [3.8, 4) is 5.75 Å². The third kappa shape index (κ3) is 3.51. The van der Waals surface area contributed by atoms with Crippen LogP contribution in [-0.4, -0.2) is 25.0 Å². The zero-order chi connectivity index (χ0) is 18.8. The summed E-state index contributed by atoms with van der Waals surface area (Å²) in [5.41, 5.74) is 1.40. The summed E-state index contributed by atoms with van der Waals surface area (Å²) in [4.78, 5) is 26.5. The van der Waals surface area contributed by atoms with Gasteiger partial charge in [0, 0.05) is 5.39 Å². The van der Waals surface area contributed by atoms with Crippen molar-refractivity contribution in [1.29, 1.82) is 0 Å². The lowest BCUT2D eigenvalue weighted by atomic mass is 10.2. The number of para-hydroxylation sites is 3. The zero-order valence-corrected chi connectivity index (χ0v) is 15.0. The topological polar surface area (TPSA) is 71.8 Å². The van der Waals surface area contributed by atoms with E-state index in [4.69, 9.17) is 9.15 Å². The van der Waals surface area contributed by atoms with Crippen molar-refractivity contribution in [2.24, 2.45) is 0 Å². The van der Waals surface area contributed by atoms with Crippen LogP contribution in [-0.2, 0) is 9.59 Å². The first kappa shape index (κ1) is 17.1. The van der Waals surface area contributed by atoms with Crippen LogP contribution in [0.3, 0.4) is 0 Å². The van der Waals surface area contributed by atoms with Crippen molar-refractivity contribution in [2.75, 3.05) is 18.1 Å². The lowest BCUT2D eigenvalue weighted by molar-refractivity contribution is -0.124. The third-order valence-corrected chi connectivity index (χ3v) is 4.58. The summed E-state index contributed by atoms with van der Waals surface area (Å²) >= 11 is 0. The molecule has 2 amide bonds. The van der Waals surface area contributed by atoms with Crippen LogP contribution < -0.4 is 15.0 Å². The molecule has 138 valence electrons. The highest BCUT2D eigenvalue weighted by Gasteiger charge is 2.26. The molecule has 27 heavy (non-hydrogen) atoms. The Morgan fingerprint density at radius 3 is 2.81 bits per heavy atom. The smallest absolute Gasteiger partial charge is 0.240 e. The van der Waals surface area contributed by atoms with Crippen molar-refractivity contribution in [3.63, 3.8) is 0 Å². The van der Waals surface area contributed by atoms with Crippen LogP contribution in [0.5, 0.6) is 5.75 Å². The Morgan fingerprint density at radius 1 is 1.19 bits per heavy atom. The number of carbonyl (C=O) groups is 2. The van der Waals surface area contributed by atoms with Crippen LogP contribution in [0.1, 0.15) is 25.1 Å². The molecule has 3 aromatic rings. The van der Waals surface area contributed by atoms with E-state index in [0.29, 0.717) is 23.8 Å². The Bertz CT molecular complexity index is 962. The molecule has 0 saturated carbocycles. The van der Waals surface area contributed by atoms with Crippen LogP contribution in [0, 0.1) is 0 Å². The number of fused-ring (bicyclic) bond motifs is 2. The second-order valence-electron chi connectivity index (χ2n) is 6.52. The maximum Gasteiger partial charge on any atom is 0.240 e. The number of nitrogens with one attached hydrogen (secondary N) is 1. The quantitative estimate of drug-likeness (QED) is 0.770. The van der Waals surface area contributed by atoms with Gasteiger partial charge in [-0.25, -0.2) is 0 Å². The molecular formula is C21H20N2O4. The van der Waals surface area contributed by atoms with E-state index in [9.17, 15) is 9.59 Å². The molecule has 1 aromatic heterocycles. The molecule has 0 saturated heterocycles. The van der Waals surface area contributed by atoms with Crippen LogP contribution in [0.2, 0.25) is 0 Å². The predicted molar refractivity (Wildman–Crippen MR) is 102 cm³/mol. The lowest BCUT2D eigenvalue weighted by Crippen LogP contribution is -2.41. The highest BCUT2D eigenvalue weighted by atomic mass is 16.5. The fraction of sp³-hybridized carbons (Fsp3) is 0.238. The van der Waals surface area contributed by atoms with Crippen LogP contribution in [0.15, 0.2) is 59.0 Å². The van der Waals surface area contributed by atoms with Gasteiger partial charge >= 0.3 is 0 Å². The average Bonchev–Trinajstić information content (AvgIpc) is 3.04. The number of anilines is 1. The van der Waals surface area contributed by atoms with Crippen molar-refractivity contribution in [3.05, 3.63) is 60.4 Å². The van der Waals surface area contributed by atoms with E-state index in [1.165, 1.54) is 4.90 Å². The van der Waals surface area contributed by atoms with Crippen LogP contribution in [0.4, 0.5) is 5.69 Å². The first-order valence-electron chi connectivity index (χ1n) is 8.92. The van der Waals surface area contributed by atoms with Gasteiger partial charge in [-0.3, -0.25) is 14.5 Å². The number of benzene rings is 2. The fourth-order valence-corrected chi connectivity index (χ4v) is 3.21. The second kappa shape index (κ2) is 7.15. The minimum atomic E-state index is -0.307. The van der Waals surface area contributed by atoms with Gasteiger partial charge in [0.1, 0.15) is 23.6 Å². The van der Waals surface area contributed by atoms with E-state index in [1.54, 1.807) is 12.1 Å². The van der Waals surface area contributed by atoms with Gasteiger partial charge in [-0.2, -0.15) is 0 Å². The molecule has 0 bridgehead atoms. The Morgan fingerprint density at radius 2 is 1.96 bits per heavy atom. The van der Waals surface area contributed by atoms with E-state index in [2.05, 4.69) is 5.32 Å². The number of amides is 2. The molecule has 2 heterocycles. The van der Waals surface area contributed by atoms with E-state index in [-0.39, 0.29) is 30.8 Å². The molecule has 0 spiro atoms. The molecule has 1 aliphatic rings. The van der Waals surface area contributed by atoms with Gasteiger partial charge in [0.25, 0.3) is 0 Å². The number of ether oxygens (including phenoxy) is 1. The molecule has 2 aromatic carbocycles. The van der Waals surface area contributed by atoms with Gasteiger partial charge in [-0.15, -0.1) is 0 Å². The number of carbonyl (C=O) groups excluding carboxylic acids is 2. The summed E-state index contributed by atoms with van der Waals surface area (Å²) in [7, 11) is 0. The molecule has 6 nitrogen and oxygen atoms in total. The van der Waals surface area contributed by atoms with E-state index >= 15 is 0 Å². The van der Waals surface area contributed by atoms with Gasteiger partial charge in [0.15, 0.2) is 0 Å². The molecule has 1 N–H and O–H groups in total. The maximum atomic E-state index is 12.6. The molecule has 4 rings (SSSR count). The summed E-state index contributed by atoms with van der Waals surface area (Å²) in [5.74, 6) is 0.899. The standard InChI is InChI=1S/C21H20N2O4/c1-14(19-12-15-6-2-4-8-17(15)27-19)22-20(24)13-23-16-7-3-5-9-18(16)26-11-10-21(23)25/h2-9,12,14H,10-11,13H2,1H3,(H,22,24)/t14-/m1/s1. The summed E-state index contributed by atoms with van der Waals surface area (Å²) in [6.45, 7) is 2.10. The Labute approximate surface area is 156 Å². The molecular weight excluding hydrogens is 344 g/mol. The second-order valence-corrected chi connectivity index (χ2v) is 6.52. The summed E-state index contributed by atoms with van der Waals surface area (Å²) in [6.07, 6.45) is 0.237. The SMILES string of the molecule is C[C@@H](NC(=O)CN1C(=O)CCOc2ccccc21)c1cc2ccccc2o1. The first-order chi connectivity index (χ1) is 13.1. The van der Waals surface area contributed by atoms with Crippen molar-refractivity contribution >= 4 is 28.5 Å². The largest absolute Gasteiger partial charge is 0.491 e. The van der Waals surface area contributed by atoms with Gasteiger partial charge in [-0.1, -0.05) is 30.3 Å².